The fraction of sp³-hybridized carbons (Fsp3) is 0.286. The average Bonchev–Trinajstić information content (AvgIpc) is 2.74. The number of hydrogen-bond donors (Lipinski definition) is 0. The van der Waals surface area contributed by atoms with E-state index in [4.69, 9.17) is 4.98 Å². The summed E-state index contributed by atoms with van der Waals surface area (Å²) in [5.74, 6) is 0.147. The molecule has 0 N–H and O–H groups in total. The summed E-state index contributed by atoms with van der Waals surface area (Å²) in [5, 5.41) is 0.979. The van der Waals surface area contributed by atoms with Crippen molar-refractivity contribution in [1.82, 2.24) is 4.98 Å². The normalized spacial score (nSPS) is 14.0. The number of benzene rings is 1. The molecule has 0 saturated heterocycles. The highest BCUT2D eigenvalue weighted by molar-refractivity contribution is 9.10. The number of hydrogen-bond acceptors (Lipinski definition) is 2. The van der Waals surface area contributed by atoms with Crippen LogP contribution in [0.25, 0.3) is 10.9 Å². The van der Waals surface area contributed by atoms with Crippen LogP contribution in [0, 0.1) is 0 Å². The molecule has 1 aromatic carbocycles. The van der Waals surface area contributed by atoms with E-state index in [2.05, 4.69) is 15.9 Å². The third-order valence-corrected chi connectivity index (χ3v) is 3.99. The zero-order valence-corrected chi connectivity index (χ0v) is 11.2. The van der Waals surface area contributed by atoms with Gasteiger partial charge < -0.3 is 0 Å². The molecule has 0 unspecified atom stereocenters. The smallest absolute Gasteiger partial charge is 0.160 e. The monoisotopic (exact) mass is 289 g/mol. The van der Waals surface area contributed by atoms with Gasteiger partial charge >= 0.3 is 0 Å². The van der Waals surface area contributed by atoms with E-state index in [0.717, 1.165) is 45.9 Å². The van der Waals surface area contributed by atoms with Crippen LogP contribution in [0.2, 0.25) is 0 Å². The second-order valence-electron chi connectivity index (χ2n) is 4.46. The van der Waals surface area contributed by atoms with Gasteiger partial charge in [-0.1, -0.05) is 12.1 Å². The minimum absolute atomic E-state index is 0.147. The molecule has 0 radical (unpaired) electrons. The van der Waals surface area contributed by atoms with Crippen LogP contribution in [0.5, 0.6) is 0 Å². The molecule has 3 rings (SSSR count). The Hall–Kier alpha value is -1.22. The van der Waals surface area contributed by atoms with Gasteiger partial charge in [0.2, 0.25) is 0 Å². The summed E-state index contributed by atoms with van der Waals surface area (Å²) in [7, 11) is 0. The lowest BCUT2D eigenvalue weighted by Gasteiger charge is -2.10. The van der Waals surface area contributed by atoms with Crippen molar-refractivity contribution in [2.24, 2.45) is 0 Å². The number of ketones is 1. The molecule has 1 heterocycles. The van der Waals surface area contributed by atoms with Gasteiger partial charge in [-0.15, -0.1) is 0 Å². The Morgan fingerprint density at radius 1 is 1.35 bits per heavy atom. The first-order valence-corrected chi connectivity index (χ1v) is 6.58. The molecule has 0 saturated carbocycles. The van der Waals surface area contributed by atoms with Crippen LogP contribution in [-0.2, 0) is 12.8 Å². The van der Waals surface area contributed by atoms with Crippen LogP contribution in [0.3, 0.4) is 0 Å². The molecule has 0 atom stereocenters. The first-order valence-electron chi connectivity index (χ1n) is 5.79. The van der Waals surface area contributed by atoms with Crippen molar-refractivity contribution in [3.63, 3.8) is 0 Å². The minimum Gasteiger partial charge on any atom is -0.294 e. The maximum atomic E-state index is 11.9. The molecule has 17 heavy (non-hydrogen) atoms. The van der Waals surface area contributed by atoms with E-state index in [0.29, 0.717) is 0 Å². The fourth-order valence-corrected chi connectivity index (χ4v) is 3.11. The Labute approximate surface area is 108 Å². The van der Waals surface area contributed by atoms with Crippen LogP contribution in [-0.4, -0.2) is 10.8 Å². The number of carbonyl (C=O) groups excluding carboxylic acids is 1. The van der Waals surface area contributed by atoms with Gasteiger partial charge in [0.05, 0.1) is 5.52 Å². The van der Waals surface area contributed by atoms with E-state index >= 15 is 0 Å². The molecule has 0 fully saturated rings. The highest BCUT2D eigenvalue weighted by atomic mass is 79.9. The van der Waals surface area contributed by atoms with E-state index in [1.807, 2.05) is 18.2 Å². The van der Waals surface area contributed by atoms with Crippen molar-refractivity contribution in [3.8, 4) is 0 Å². The van der Waals surface area contributed by atoms with Crippen LogP contribution >= 0.6 is 15.9 Å². The number of carbonyl (C=O) groups is 1. The molecule has 0 aliphatic heterocycles. The fourth-order valence-electron chi connectivity index (χ4n) is 2.65. The van der Waals surface area contributed by atoms with E-state index in [-0.39, 0.29) is 5.78 Å². The lowest BCUT2D eigenvalue weighted by atomic mass is 9.98. The molecule has 0 bridgehead atoms. The number of fused-ring (bicyclic) bond motifs is 2. The first kappa shape index (κ1) is 10.9. The summed E-state index contributed by atoms with van der Waals surface area (Å²) >= 11 is 3.51. The van der Waals surface area contributed by atoms with Gasteiger partial charge in [0.1, 0.15) is 0 Å². The van der Waals surface area contributed by atoms with Crippen molar-refractivity contribution < 1.29 is 4.79 Å². The number of halogens is 1. The lowest BCUT2D eigenvalue weighted by molar-refractivity contribution is 0.101. The van der Waals surface area contributed by atoms with Crippen molar-refractivity contribution in [3.05, 3.63) is 39.5 Å². The van der Waals surface area contributed by atoms with Crippen molar-refractivity contribution in [1.29, 1.82) is 0 Å². The van der Waals surface area contributed by atoms with Crippen LogP contribution in [0.4, 0.5) is 0 Å². The Kier molecular flexibility index (Phi) is 2.51. The molecular formula is C14H12BrNO. The molecule has 2 nitrogen and oxygen atoms in total. The van der Waals surface area contributed by atoms with Gasteiger partial charge in [-0.2, -0.15) is 0 Å². The number of aryl methyl sites for hydroxylation is 1. The summed E-state index contributed by atoms with van der Waals surface area (Å²) in [4.78, 5) is 16.6. The largest absolute Gasteiger partial charge is 0.294 e. The average molecular weight is 290 g/mol. The molecule has 0 amide bonds. The van der Waals surface area contributed by atoms with Gasteiger partial charge in [-0.3, -0.25) is 9.78 Å². The summed E-state index contributed by atoms with van der Waals surface area (Å²) in [6.07, 6.45) is 3.09. The standard InChI is InChI=1S/C14H12BrNO/c1-8(17)13-9-4-3-7-12(9)16-14-10(13)5-2-6-11(14)15/h2,5-6H,3-4,7H2,1H3. The third kappa shape index (κ3) is 1.61. The highest BCUT2D eigenvalue weighted by Crippen LogP contribution is 2.33. The van der Waals surface area contributed by atoms with E-state index in [1.54, 1.807) is 6.92 Å². The Balaban J connectivity index is 2.49. The quantitative estimate of drug-likeness (QED) is 0.750. The molecule has 3 heteroatoms. The number of rotatable bonds is 1. The predicted octanol–water partition coefficient (Wildman–Crippen LogP) is 3.69. The molecule has 1 aromatic heterocycles. The topological polar surface area (TPSA) is 30.0 Å². The number of nitrogens with zero attached hydrogens (tertiary/aromatic N) is 1. The highest BCUT2D eigenvalue weighted by Gasteiger charge is 2.22. The zero-order chi connectivity index (χ0) is 12.0. The number of para-hydroxylation sites is 1. The van der Waals surface area contributed by atoms with Crippen molar-refractivity contribution in [2.45, 2.75) is 26.2 Å². The lowest BCUT2D eigenvalue weighted by Crippen LogP contribution is -2.03. The Morgan fingerprint density at radius 3 is 2.94 bits per heavy atom. The maximum Gasteiger partial charge on any atom is 0.160 e. The second-order valence-corrected chi connectivity index (χ2v) is 5.31. The van der Waals surface area contributed by atoms with Gasteiger partial charge in [0.15, 0.2) is 5.78 Å². The van der Waals surface area contributed by atoms with Crippen molar-refractivity contribution in [2.75, 3.05) is 0 Å². The summed E-state index contributed by atoms with van der Waals surface area (Å²) in [6.45, 7) is 1.65. The summed E-state index contributed by atoms with van der Waals surface area (Å²) in [5.41, 5.74) is 4.07. The molecule has 86 valence electrons. The SMILES string of the molecule is CC(=O)c1c2c(nc3c(Br)cccc13)CCC2. The van der Waals surface area contributed by atoms with Crippen LogP contribution < -0.4 is 0 Å². The summed E-state index contributed by atoms with van der Waals surface area (Å²) in [6, 6.07) is 5.92. The molecule has 2 aromatic rings. The number of aromatic nitrogens is 1. The minimum atomic E-state index is 0.147. The van der Waals surface area contributed by atoms with Crippen LogP contribution in [0.1, 0.15) is 35.0 Å². The second kappa shape index (κ2) is 3.91. The number of pyridine rings is 1. The van der Waals surface area contributed by atoms with Crippen LogP contribution in [0.15, 0.2) is 22.7 Å². The van der Waals surface area contributed by atoms with Gasteiger partial charge in [-0.05, 0) is 53.7 Å². The van der Waals surface area contributed by atoms with E-state index in [9.17, 15) is 4.79 Å². The molecular weight excluding hydrogens is 278 g/mol. The Morgan fingerprint density at radius 2 is 2.18 bits per heavy atom. The predicted molar refractivity (Wildman–Crippen MR) is 71.5 cm³/mol. The van der Waals surface area contributed by atoms with Gasteiger partial charge in [-0.25, -0.2) is 0 Å². The van der Waals surface area contributed by atoms with Gasteiger partial charge in [0, 0.05) is 21.1 Å². The third-order valence-electron chi connectivity index (χ3n) is 3.35. The summed E-state index contributed by atoms with van der Waals surface area (Å²) < 4.78 is 0.965. The maximum absolute atomic E-state index is 11.9. The molecule has 0 spiro atoms. The van der Waals surface area contributed by atoms with E-state index < -0.39 is 0 Å². The van der Waals surface area contributed by atoms with Crippen molar-refractivity contribution >= 4 is 32.6 Å². The van der Waals surface area contributed by atoms with E-state index in [1.165, 1.54) is 5.56 Å². The number of Topliss-reactive ketones (excluding diaryl/α,β-unsaturated/α-hetero) is 1. The first-order chi connectivity index (χ1) is 8.18. The molecule has 1 aliphatic rings. The Bertz CT molecular complexity index is 634. The zero-order valence-electron chi connectivity index (χ0n) is 9.59. The molecule has 1 aliphatic carbocycles. The van der Waals surface area contributed by atoms with Gasteiger partial charge in [0.25, 0.3) is 0 Å².